The standard InChI is InChI=1S/C9H13ClN2S2/c1-13-7-3-2-6(4-7)11-9-12-8(10)5-14-9/h5-7H,2-4H2,1H3,(H,11,12). The number of hydrogen-bond donors (Lipinski definition) is 1. The van der Waals surface area contributed by atoms with Crippen molar-refractivity contribution in [2.45, 2.75) is 30.6 Å². The van der Waals surface area contributed by atoms with Crippen LogP contribution < -0.4 is 5.32 Å². The van der Waals surface area contributed by atoms with Gasteiger partial charge in [-0.05, 0) is 25.5 Å². The third kappa shape index (κ3) is 2.55. The summed E-state index contributed by atoms with van der Waals surface area (Å²) in [5.41, 5.74) is 0. The van der Waals surface area contributed by atoms with Crippen LogP contribution in [0.5, 0.6) is 0 Å². The van der Waals surface area contributed by atoms with Crippen molar-refractivity contribution < 1.29 is 0 Å². The summed E-state index contributed by atoms with van der Waals surface area (Å²) < 4.78 is 0. The van der Waals surface area contributed by atoms with E-state index in [4.69, 9.17) is 11.6 Å². The Morgan fingerprint density at radius 2 is 2.50 bits per heavy atom. The van der Waals surface area contributed by atoms with E-state index in [-0.39, 0.29) is 0 Å². The molecule has 1 N–H and O–H groups in total. The number of aromatic nitrogens is 1. The predicted octanol–water partition coefficient (Wildman–Crippen LogP) is 3.49. The van der Waals surface area contributed by atoms with Crippen molar-refractivity contribution in [2.75, 3.05) is 11.6 Å². The Hall–Kier alpha value is 0.0700. The summed E-state index contributed by atoms with van der Waals surface area (Å²) in [5.74, 6) is 0. The van der Waals surface area contributed by atoms with Gasteiger partial charge in [-0.25, -0.2) is 4.98 Å². The summed E-state index contributed by atoms with van der Waals surface area (Å²) >= 11 is 9.31. The van der Waals surface area contributed by atoms with Crippen molar-refractivity contribution in [3.8, 4) is 0 Å². The van der Waals surface area contributed by atoms with Gasteiger partial charge in [0.25, 0.3) is 0 Å². The van der Waals surface area contributed by atoms with E-state index in [1.807, 2.05) is 17.1 Å². The zero-order valence-corrected chi connectivity index (χ0v) is 10.4. The van der Waals surface area contributed by atoms with Gasteiger partial charge >= 0.3 is 0 Å². The Labute approximate surface area is 97.5 Å². The van der Waals surface area contributed by atoms with Crippen LogP contribution in [0.15, 0.2) is 5.38 Å². The van der Waals surface area contributed by atoms with E-state index >= 15 is 0 Å². The molecule has 0 aromatic carbocycles. The minimum atomic E-state index is 0.592. The Morgan fingerprint density at radius 1 is 1.64 bits per heavy atom. The molecule has 1 aromatic heterocycles. The number of anilines is 1. The van der Waals surface area contributed by atoms with Gasteiger partial charge in [-0.3, -0.25) is 0 Å². The number of nitrogens with one attached hydrogen (secondary N) is 1. The van der Waals surface area contributed by atoms with Crippen molar-refractivity contribution in [1.82, 2.24) is 4.98 Å². The van der Waals surface area contributed by atoms with Gasteiger partial charge in [-0.2, -0.15) is 11.8 Å². The Balaban J connectivity index is 1.87. The molecule has 1 aliphatic rings. The zero-order valence-electron chi connectivity index (χ0n) is 8.00. The molecule has 2 nitrogen and oxygen atoms in total. The van der Waals surface area contributed by atoms with Crippen LogP contribution in [0.2, 0.25) is 5.15 Å². The molecule has 2 atom stereocenters. The highest BCUT2D eigenvalue weighted by Crippen LogP contribution is 2.31. The number of nitrogens with zero attached hydrogens (tertiary/aromatic N) is 1. The van der Waals surface area contributed by atoms with E-state index in [0.29, 0.717) is 11.2 Å². The van der Waals surface area contributed by atoms with Gasteiger partial charge in [-0.1, -0.05) is 11.6 Å². The summed E-state index contributed by atoms with van der Waals surface area (Å²) in [6.07, 6.45) is 6.01. The molecule has 2 unspecified atom stereocenters. The van der Waals surface area contributed by atoms with E-state index in [1.54, 1.807) is 11.3 Å². The van der Waals surface area contributed by atoms with E-state index in [9.17, 15) is 0 Å². The van der Waals surface area contributed by atoms with Crippen LogP contribution in [0.3, 0.4) is 0 Å². The molecule has 0 aliphatic heterocycles. The molecule has 0 bridgehead atoms. The van der Waals surface area contributed by atoms with Gasteiger partial charge in [0.15, 0.2) is 5.13 Å². The van der Waals surface area contributed by atoms with Crippen molar-refractivity contribution in [1.29, 1.82) is 0 Å². The number of hydrogen-bond acceptors (Lipinski definition) is 4. The zero-order chi connectivity index (χ0) is 9.97. The molecule has 0 spiro atoms. The molecule has 1 aromatic rings. The van der Waals surface area contributed by atoms with Crippen molar-refractivity contribution >= 4 is 39.8 Å². The van der Waals surface area contributed by atoms with Gasteiger partial charge in [0.1, 0.15) is 5.15 Å². The fraction of sp³-hybridized carbons (Fsp3) is 0.667. The second kappa shape index (κ2) is 4.73. The molecular weight excluding hydrogens is 236 g/mol. The highest BCUT2D eigenvalue weighted by Gasteiger charge is 2.24. The van der Waals surface area contributed by atoms with E-state index in [2.05, 4.69) is 16.6 Å². The summed E-state index contributed by atoms with van der Waals surface area (Å²) in [5, 5.41) is 7.68. The molecule has 78 valence electrons. The van der Waals surface area contributed by atoms with Gasteiger partial charge in [0.2, 0.25) is 0 Å². The SMILES string of the molecule is CSC1CCC(Nc2nc(Cl)cs2)C1. The normalized spacial score (nSPS) is 26.7. The first-order chi connectivity index (χ1) is 6.78. The van der Waals surface area contributed by atoms with Crippen LogP contribution in [0, 0.1) is 0 Å². The lowest BCUT2D eigenvalue weighted by molar-refractivity contribution is 0.756. The van der Waals surface area contributed by atoms with Crippen LogP contribution in [-0.4, -0.2) is 22.5 Å². The van der Waals surface area contributed by atoms with Crippen LogP contribution in [0.1, 0.15) is 19.3 Å². The first kappa shape index (κ1) is 10.6. The second-order valence-corrected chi connectivity index (χ2v) is 5.87. The molecule has 0 amide bonds. The van der Waals surface area contributed by atoms with E-state index in [0.717, 1.165) is 10.4 Å². The Kier molecular flexibility index (Phi) is 3.57. The maximum Gasteiger partial charge on any atom is 0.184 e. The lowest BCUT2D eigenvalue weighted by Crippen LogP contribution is -2.15. The van der Waals surface area contributed by atoms with Crippen molar-refractivity contribution in [3.63, 3.8) is 0 Å². The molecule has 1 heterocycles. The number of thiazole rings is 1. The summed E-state index contributed by atoms with van der Waals surface area (Å²) in [6, 6.07) is 0.592. The van der Waals surface area contributed by atoms with Gasteiger partial charge in [0, 0.05) is 16.7 Å². The fourth-order valence-electron chi connectivity index (χ4n) is 1.78. The molecule has 5 heteroatoms. The topological polar surface area (TPSA) is 24.9 Å². The molecule has 1 fully saturated rings. The molecule has 2 rings (SSSR count). The molecule has 0 saturated heterocycles. The summed E-state index contributed by atoms with van der Waals surface area (Å²) in [7, 11) is 0. The maximum atomic E-state index is 5.76. The van der Waals surface area contributed by atoms with Crippen LogP contribution >= 0.6 is 34.7 Å². The first-order valence-electron chi connectivity index (χ1n) is 4.68. The van der Waals surface area contributed by atoms with Gasteiger partial charge in [-0.15, -0.1) is 11.3 Å². The number of thioether (sulfide) groups is 1. The Bertz CT molecular complexity index is 303. The number of halogens is 1. The van der Waals surface area contributed by atoms with Crippen molar-refractivity contribution in [2.24, 2.45) is 0 Å². The molecule has 1 saturated carbocycles. The molecule has 1 aliphatic carbocycles. The highest BCUT2D eigenvalue weighted by atomic mass is 35.5. The van der Waals surface area contributed by atoms with Gasteiger partial charge in [0.05, 0.1) is 0 Å². The highest BCUT2D eigenvalue weighted by molar-refractivity contribution is 7.99. The molecule has 0 radical (unpaired) electrons. The van der Waals surface area contributed by atoms with Crippen LogP contribution in [0.4, 0.5) is 5.13 Å². The lowest BCUT2D eigenvalue weighted by atomic mass is 10.3. The number of rotatable bonds is 3. The minimum absolute atomic E-state index is 0.592. The minimum Gasteiger partial charge on any atom is -0.359 e. The quantitative estimate of drug-likeness (QED) is 0.887. The average molecular weight is 249 g/mol. The fourth-order valence-corrected chi connectivity index (χ4v) is 3.49. The predicted molar refractivity (Wildman–Crippen MR) is 65.7 cm³/mol. The first-order valence-corrected chi connectivity index (χ1v) is 7.23. The van der Waals surface area contributed by atoms with E-state index in [1.165, 1.54) is 19.3 Å². The molecular formula is C9H13ClN2S2. The summed E-state index contributed by atoms with van der Waals surface area (Å²) in [6.45, 7) is 0. The average Bonchev–Trinajstić information content (AvgIpc) is 2.76. The maximum absolute atomic E-state index is 5.76. The van der Waals surface area contributed by atoms with E-state index < -0.39 is 0 Å². The Morgan fingerprint density at radius 3 is 3.07 bits per heavy atom. The van der Waals surface area contributed by atoms with Crippen LogP contribution in [0.25, 0.3) is 0 Å². The summed E-state index contributed by atoms with van der Waals surface area (Å²) in [4.78, 5) is 4.19. The molecule has 14 heavy (non-hydrogen) atoms. The monoisotopic (exact) mass is 248 g/mol. The second-order valence-electron chi connectivity index (χ2n) is 3.49. The third-order valence-corrected chi connectivity index (χ3v) is 4.71. The van der Waals surface area contributed by atoms with Crippen LogP contribution in [-0.2, 0) is 0 Å². The lowest BCUT2D eigenvalue weighted by Gasteiger charge is -2.10. The third-order valence-electron chi connectivity index (χ3n) is 2.52. The van der Waals surface area contributed by atoms with Gasteiger partial charge < -0.3 is 5.32 Å². The largest absolute Gasteiger partial charge is 0.359 e. The smallest absolute Gasteiger partial charge is 0.184 e. The van der Waals surface area contributed by atoms with Crippen molar-refractivity contribution in [3.05, 3.63) is 10.5 Å².